The molecule has 0 aliphatic carbocycles. The molecule has 39 heavy (non-hydrogen) atoms. The summed E-state index contributed by atoms with van der Waals surface area (Å²) in [7, 11) is 3.19. The highest BCUT2D eigenvalue weighted by atomic mass is 32.2. The van der Waals surface area contributed by atoms with E-state index >= 15 is 0 Å². The van der Waals surface area contributed by atoms with Crippen molar-refractivity contribution in [1.29, 1.82) is 0 Å². The van der Waals surface area contributed by atoms with Crippen LogP contribution in [-0.2, 0) is 10.5 Å². The van der Waals surface area contributed by atoms with Gasteiger partial charge in [0.2, 0.25) is 11.1 Å². The van der Waals surface area contributed by atoms with Crippen molar-refractivity contribution in [3.05, 3.63) is 100 Å². The van der Waals surface area contributed by atoms with E-state index in [4.69, 9.17) is 19.6 Å². The monoisotopic (exact) mass is 541 g/mol. The summed E-state index contributed by atoms with van der Waals surface area (Å²) in [5.41, 5.74) is 6.15. The number of hydrogen-bond donors (Lipinski definition) is 2. The van der Waals surface area contributed by atoms with Gasteiger partial charge in [-0.15, -0.1) is 5.10 Å². The van der Waals surface area contributed by atoms with Gasteiger partial charge in [0, 0.05) is 17.1 Å². The quantitative estimate of drug-likeness (QED) is 0.259. The zero-order valence-electron chi connectivity index (χ0n) is 22.6. The summed E-state index contributed by atoms with van der Waals surface area (Å²) < 4.78 is 12.8. The third-order valence-corrected chi connectivity index (χ3v) is 7.55. The molecule has 1 amide bonds. The predicted octanol–water partition coefficient (Wildman–Crippen LogP) is 6.13. The number of methoxy groups -OCH3 is 2. The van der Waals surface area contributed by atoms with Crippen molar-refractivity contribution in [3.63, 3.8) is 0 Å². The number of carbonyl (C=O) groups excluding carboxylic acids is 1. The Bertz CT molecular complexity index is 1550. The molecule has 0 fully saturated rings. The van der Waals surface area contributed by atoms with Crippen LogP contribution in [0.25, 0.3) is 0 Å². The number of aromatic nitrogens is 3. The van der Waals surface area contributed by atoms with Crippen LogP contribution in [0.1, 0.15) is 35.2 Å². The van der Waals surface area contributed by atoms with Crippen LogP contribution < -0.4 is 20.1 Å². The summed E-state index contributed by atoms with van der Waals surface area (Å²) in [6.45, 7) is 5.91. The van der Waals surface area contributed by atoms with Crippen molar-refractivity contribution in [2.75, 3.05) is 24.9 Å². The third-order valence-electron chi connectivity index (χ3n) is 6.64. The molecule has 2 N–H and O–H groups in total. The topological polar surface area (TPSA) is 90.3 Å². The van der Waals surface area contributed by atoms with E-state index in [-0.39, 0.29) is 5.91 Å². The van der Waals surface area contributed by atoms with E-state index in [1.165, 1.54) is 5.56 Å². The van der Waals surface area contributed by atoms with Crippen molar-refractivity contribution in [2.24, 2.45) is 0 Å². The van der Waals surface area contributed by atoms with E-state index < -0.39 is 6.04 Å². The normalized spacial score (nSPS) is 14.4. The molecular formula is C30H31N5O3S. The molecule has 4 aromatic rings. The van der Waals surface area contributed by atoms with Gasteiger partial charge >= 0.3 is 0 Å². The SMILES string of the molecule is COc1ccc([C@@H]2C(C(=O)Nc3ccc(C)cc3C)=C(C)Nc3nc(SCc4ccccc4)nn32)cc1OC. The Kier molecular flexibility index (Phi) is 7.60. The van der Waals surface area contributed by atoms with Crippen LogP contribution in [0.4, 0.5) is 11.6 Å². The van der Waals surface area contributed by atoms with E-state index in [2.05, 4.69) is 22.8 Å². The molecule has 2 heterocycles. The Morgan fingerprint density at radius 1 is 1.00 bits per heavy atom. The van der Waals surface area contributed by atoms with Crippen molar-refractivity contribution in [1.82, 2.24) is 14.8 Å². The number of fused-ring (bicyclic) bond motifs is 1. The highest BCUT2D eigenvalue weighted by Crippen LogP contribution is 2.40. The molecule has 0 unspecified atom stereocenters. The average molecular weight is 542 g/mol. The second-order valence-corrected chi connectivity index (χ2v) is 10.3. The number of carbonyl (C=O) groups is 1. The molecule has 0 radical (unpaired) electrons. The molecule has 0 bridgehead atoms. The highest BCUT2D eigenvalue weighted by molar-refractivity contribution is 7.98. The van der Waals surface area contributed by atoms with E-state index in [0.717, 1.165) is 28.1 Å². The first kappa shape index (κ1) is 26.4. The lowest BCUT2D eigenvalue weighted by molar-refractivity contribution is -0.113. The molecule has 0 spiro atoms. The maximum absolute atomic E-state index is 13.9. The standard InChI is InChI=1S/C30H31N5O3S/c1-18-11-13-23(19(2)15-18)32-28(36)26-20(3)31-29-33-30(39-17-21-9-7-6-8-10-21)34-35(29)27(26)22-12-14-24(37-4)25(16-22)38-5/h6-16,27H,17H2,1-5H3,(H,32,36)(H,31,33,34)/t27-/m1/s1. The van der Waals surface area contributed by atoms with Gasteiger partial charge in [0.05, 0.1) is 19.8 Å². The number of rotatable bonds is 8. The second kappa shape index (κ2) is 11.2. The van der Waals surface area contributed by atoms with E-state index in [9.17, 15) is 4.79 Å². The van der Waals surface area contributed by atoms with Crippen molar-refractivity contribution in [3.8, 4) is 11.5 Å². The first-order valence-electron chi connectivity index (χ1n) is 12.6. The van der Waals surface area contributed by atoms with Gasteiger partial charge in [-0.3, -0.25) is 4.79 Å². The van der Waals surface area contributed by atoms with Crippen LogP contribution in [0.3, 0.4) is 0 Å². The number of ether oxygens (including phenoxy) is 2. The number of aryl methyl sites for hydroxylation is 2. The maximum atomic E-state index is 13.9. The maximum Gasteiger partial charge on any atom is 0.255 e. The second-order valence-electron chi connectivity index (χ2n) is 9.39. The smallest absolute Gasteiger partial charge is 0.255 e. The molecule has 0 saturated heterocycles. The van der Waals surface area contributed by atoms with Crippen LogP contribution in [0.15, 0.2) is 83.2 Å². The fourth-order valence-corrected chi connectivity index (χ4v) is 5.47. The van der Waals surface area contributed by atoms with E-state index in [1.807, 2.05) is 75.4 Å². The number of benzene rings is 3. The van der Waals surface area contributed by atoms with Crippen LogP contribution >= 0.6 is 11.8 Å². The first-order valence-corrected chi connectivity index (χ1v) is 13.6. The number of anilines is 2. The Labute approximate surface area is 232 Å². The fourth-order valence-electron chi connectivity index (χ4n) is 4.68. The van der Waals surface area contributed by atoms with Crippen molar-refractivity contribution < 1.29 is 14.3 Å². The zero-order valence-corrected chi connectivity index (χ0v) is 23.4. The van der Waals surface area contributed by atoms with Gasteiger partial charge in [0.1, 0.15) is 6.04 Å². The zero-order chi connectivity index (χ0) is 27.5. The minimum atomic E-state index is -0.537. The Morgan fingerprint density at radius 2 is 1.77 bits per heavy atom. The molecule has 1 aromatic heterocycles. The van der Waals surface area contributed by atoms with Gasteiger partial charge < -0.3 is 20.1 Å². The van der Waals surface area contributed by atoms with Gasteiger partial charge in [0.15, 0.2) is 11.5 Å². The Balaban J connectivity index is 1.54. The molecule has 3 aromatic carbocycles. The van der Waals surface area contributed by atoms with Crippen LogP contribution in [0.2, 0.25) is 0 Å². The predicted molar refractivity (Wildman–Crippen MR) is 155 cm³/mol. The average Bonchev–Trinajstić information content (AvgIpc) is 3.35. The van der Waals surface area contributed by atoms with Crippen molar-refractivity contribution in [2.45, 2.75) is 37.7 Å². The molecule has 1 atom stereocenters. The lowest BCUT2D eigenvalue weighted by Crippen LogP contribution is -2.31. The summed E-state index contributed by atoms with van der Waals surface area (Å²) >= 11 is 1.55. The summed E-state index contributed by atoms with van der Waals surface area (Å²) in [5, 5.41) is 11.9. The third kappa shape index (κ3) is 5.49. The van der Waals surface area contributed by atoms with Crippen molar-refractivity contribution >= 4 is 29.3 Å². The lowest BCUT2D eigenvalue weighted by atomic mass is 9.94. The molecule has 5 rings (SSSR count). The molecular weight excluding hydrogens is 510 g/mol. The van der Waals surface area contributed by atoms with Gasteiger partial charge in [-0.1, -0.05) is 65.9 Å². The van der Waals surface area contributed by atoms with Gasteiger partial charge in [-0.2, -0.15) is 4.98 Å². The van der Waals surface area contributed by atoms with Crippen LogP contribution in [-0.4, -0.2) is 34.9 Å². The van der Waals surface area contributed by atoms with E-state index in [1.54, 1.807) is 30.7 Å². The molecule has 200 valence electrons. The summed E-state index contributed by atoms with van der Waals surface area (Å²) in [4.78, 5) is 18.6. The molecule has 0 saturated carbocycles. The number of nitrogens with zero attached hydrogens (tertiary/aromatic N) is 3. The van der Waals surface area contributed by atoms with Gasteiger partial charge in [-0.25, -0.2) is 4.68 Å². The molecule has 1 aliphatic rings. The van der Waals surface area contributed by atoms with Gasteiger partial charge in [0.25, 0.3) is 5.91 Å². The number of thioether (sulfide) groups is 1. The molecule has 9 heteroatoms. The fraction of sp³-hybridized carbons (Fsp3) is 0.233. The lowest BCUT2D eigenvalue weighted by Gasteiger charge is -2.29. The Morgan fingerprint density at radius 3 is 2.49 bits per heavy atom. The first-order chi connectivity index (χ1) is 18.9. The minimum absolute atomic E-state index is 0.216. The Hall–Kier alpha value is -4.24. The molecule has 8 nitrogen and oxygen atoms in total. The van der Waals surface area contributed by atoms with Crippen LogP contribution in [0, 0.1) is 13.8 Å². The summed E-state index contributed by atoms with van der Waals surface area (Å²) in [6, 6.07) is 21.3. The number of hydrogen-bond acceptors (Lipinski definition) is 7. The minimum Gasteiger partial charge on any atom is -0.493 e. The van der Waals surface area contributed by atoms with Gasteiger partial charge in [-0.05, 0) is 55.7 Å². The highest BCUT2D eigenvalue weighted by Gasteiger charge is 2.35. The largest absolute Gasteiger partial charge is 0.493 e. The van der Waals surface area contributed by atoms with Crippen LogP contribution in [0.5, 0.6) is 11.5 Å². The number of nitrogens with one attached hydrogen (secondary N) is 2. The number of allylic oxidation sites excluding steroid dienone is 1. The molecule has 1 aliphatic heterocycles. The number of amides is 1. The summed E-state index contributed by atoms with van der Waals surface area (Å²) in [6.07, 6.45) is 0. The summed E-state index contributed by atoms with van der Waals surface area (Å²) in [5.74, 6) is 2.27. The van der Waals surface area contributed by atoms with E-state index in [0.29, 0.717) is 33.9 Å².